The molecular formula is C11H20N4O2S. The van der Waals surface area contributed by atoms with Crippen LogP contribution in [0.5, 0.6) is 0 Å². The van der Waals surface area contributed by atoms with Crippen molar-refractivity contribution in [2.24, 2.45) is 5.14 Å². The normalized spacial score (nSPS) is 11.5. The summed E-state index contributed by atoms with van der Waals surface area (Å²) in [6, 6.07) is 4.83. The third-order valence-electron chi connectivity index (χ3n) is 2.68. The van der Waals surface area contributed by atoms with Crippen LogP contribution in [0.4, 0.5) is 11.4 Å². The van der Waals surface area contributed by atoms with E-state index in [2.05, 4.69) is 5.32 Å². The van der Waals surface area contributed by atoms with Crippen LogP contribution in [-0.4, -0.2) is 35.6 Å². The SMILES string of the molecule is CNCCCN(C)c1cccc(S(N)(=O)=O)c1N. The van der Waals surface area contributed by atoms with E-state index in [4.69, 9.17) is 10.9 Å². The summed E-state index contributed by atoms with van der Waals surface area (Å²) in [7, 11) is -0.0245. The summed E-state index contributed by atoms with van der Waals surface area (Å²) in [5.41, 5.74) is 6.74. The van der Waals surface area contributed by atoms with Crippen molar-refractivity contribution >= 4 is 21.4 Å². The van der Waals surface area contributed by atoms with E-state index >= 15 is 0 Å². The minimum atomic E-state index is -3.78. The van der Waals surface area contributed by atoms with Crippen LogP contribution in [0.15, 0.2) is 23.1 Å². The summed E-state index contributed by atoms with van der Waals surface area (Å²) in [5.74, 6) is 0. The van der Waals surface area contributed by atoms with Crippen molar-refractivity contribution in [1.82, 2.24) is 5.32 Å². The molecule has 5 N–H and O–H groups in total. The smallest absolute Gasteiger partial charge is 0.240 e. The number of sulfonamides is 1. The van der Waals surface area contributed by atoms with Crippen molar-refractivity contribution in [1.29, 1.82) is 0 Å². The highest BCUT2D eigenvalue weighted by Crippen LogP contribution is 2.28. The van der Waals surface area contributed by atoms with Gasteiger partial charge in [-0.05, 0) is 32.1 Å². The second kappa shape index (κ2) is 6.03. The van der Waals surface area contributed by atoms with Gasteiger partial charge in [-0.3, -0.25) is 0 Å². The van der Waals surface area contributed by atoms with Gasteiger partial charge in [0, 0.05) is 13.6 Å². The molecule has 0 saturated carbocycles. The van der Waals surface area contributed by atoms with Gasteiger partial charge >= 0.3 is 0 Å². The van der Waals surface area contributed by atoms with Crippen LogP contribution in [0.2, 0.25) is 0 Å². The van der Waals surface area contributed by atoms with E-state index in [1.54, 1.807) is 12.1 Å². The zero-order valence-electron chi connectivity index (χ0n) is 10.7. The van der Waals surface area contributed by atoms with Gasteiger partial charge in [0.15, 0.2) is 0 Å². The molecule has 0 aliphatic heterocycles. The molecule has 0 heterocycles. The van der Waals surface area contributed by atoms with E-state index in [1.807, 2.05) is 19.0 Å². The number of anilines is 2. The van der Waals surface area contributed by atoms with Crippen LogP contribution in [0.25, 0.3) is 0 Å². The monoisotopic (exact) mass is 272 g/mol. The highest BCUT2D eigenvalue weighted by atomic mass is 32.2. The molecule has 18 heavy (non-hydrogen) atoms. The van der Waals surface area contributed by atoms with Crippen molar-refractivity contribution in [2.45, 2.75) is 11.3 Å². The van der Waals surface area contributed by atoms with Crippen LogP contribution in [0.3, 0.4) is 0 Å². The molecule has 1 rings (SSSR count). The molecule has 0 aliphatic rings. The van der Waals surface area contributed by atoms with Crippen LogP contribution in [0.1, 0.15) is 6.42 Å². The lowest BCUT2D eigenvalue weighted by Crippen LogP contribution is -2.24. The summed E-state index contributed by atoms with van der Waals surface area (Å²) < 4.78 is 22.7. The second-order valence-electron chi connectivity index (χ2n) is 4.11. The Morgan fingerprint density at radius 1 is 1.39 bits per heavy atom. The summed E-state index contributed by atoms with van der Waals surface area (Å²) in [6.07, 6.45) is 0.937. The number of hydrogen-bond donors (Lipinski definition) is 3. The van der Waals surface area contributed by atoms with Gasteiger partial charge < -0.3 is 16.0 Å². The third kappa shape index (κ3) is 3.59. The Hall–Kier alpha value is -1.31. The number of nitrogen functional groups attached to an aromatic ring is 1. The minimum Gasteiger partial charge on any atom is -0.396 e. The molecule has 6 nitrogen and oxygen atoms in total. The first kappa shape index (κ1) is 14.7. The first-order chi connectivity index (χ1) is 8.38. The zero-order valence-corrected chi connectivity index (χ0v) is 11.5. The molecule has 0 radical (unpaired) electrons. The predicted molar refractivity (Wildman–Crippen MR) is 74.0 cm³/mol. The largest absolute Gasteiger partial charge is 0.396 e. The van der Waals surface area contributed by atoms with E-state index in [-0.39, 0.29) is 10.6 Å². The molecule has 0 saturated heterocycles. The molecule has 0 aromatic heterocycles. The number of para-hydroxylation sites is 1. The van der Waals surface area contributed by atoms with Crippen molar-refractivity contribution in [3.8, 4) is 0 Å². The maximum atomic E-state index is 11.4. The number of primary sulfonamides is 1. The second-order valence-corrected chi connectivity index (χ2v) is 5.64. The van der Waals surface area contributed by atoms with Crippen molar-refractivity contribution in [3.05, 3.63) is 18.2 Å². The maximum Gasteiger partial charge on any atom is 0.240 e. The topological polar surface area (TPSA) is 101 Å². The molecule has 0 atom stereocenters. The van der Waals surface area contributed by atoms with Crippen LogP contribution in [0, 0.1) is 0 Å². The molecule has 0 unspecified atom stereocenters. The molecule has 1 aromatic rings. The Kier molecular flexibility index (Phi) is 4.94. The van der Waals surface area contributed by atoms with Crippen molar-refractivity contribution in [2.75, 3.05) is 37.8 Å². The minimum absolute atomic E-state index is 0.0273. The molecule has 0 fully saturated rings. The average Bonchev–Trinajstić information content (AvgIpc) is 2.28. The lowest BCUT2D eigenvalue weighted by atomic mass is 10.2. The number of benzene rings is 1. The molecule has 0 amide bonds. The molecule has 0 spiro atoms. The van der Waals surface area contributed by atoms with E-state index in [1.165, 1.54) is 6.07 Å². The maximum absolute atomic E-state index is 11.4. The third-order valence-corrected chi connectivity index (χ3v) is 3.65. The number of nitrogens with zero attached hydrogens (tertiary/aromatic N) is 1. The highest BCUT2D eigenvalue weighted by Gasteiger charge is 2.16. The fraction of sp³-hybridized carbons (Fsp3) is 0.455. The number of hydrogen-bond acceptors (Lipinski definition) is 5. The molecule has 1 aromatic carbocycles. The van der Waals surface area contributed by atoms with Gasteiger partial charge in [-0.1, -0.05) is 6.07 Å². The van der Waals surface area contributed by atoms with Crippen molar-refractivity contribution < 1.29 is 8.42 Å². The van der Waals surface area contributed by atoms with Gasteiger partial charge in [-0.15, -0.1) is 0 Å². The first-order valence-corrected chi connectivity index (χ1v) is 7.19. The number of nitrogens with two attached hydrogens (primary N) is 2. The Balaban J connectivity index is 2.97. The summed E-state index contributed by atoms with van der Waals surface area (Å²) >= 11 is 0. The number of rotatable bonds is 6. The number of nitrogens with one attached hydrogen (secondary N) is 1. The standard InChI is InChI=1S/C11H20N4O2S/c1-14-7-4-8-15(2)9-5-3-6-10(11(9)12)18(13,16)17/h3,5-6,14H,4,7-8,12H2,1-2H3,(H2,13,16,17). The lowest BCUT2D eigenvalue weighted by molar-refractivity contribution is 0.598. The van der Waals surface area contributed by atoms with Crippen LogP contribution < -0.4 is 21.1 Å². The summed E-state index contributed by atoms with van der Waals surface area (Å²) in [5, 5.41) is 8.16. The molecule has 0 aliphatic carbocycles. The van der Waals surface area contributed by atoms with E-state index in [0.717, 1.165) is 19.5 Å². The van der Waals surface area contributed by atoms with Crippen LogP contribution in [-0.2, 0) is 10.0 Å². The van der Waals surface area contributed by atoms with E-state index in [0.29, 0.717) is 5.69 Å². The zero-order chi connectivity index (χ0) is 13.8. The van der Waals surface area contributed by atoms with Crippen molar-refractivity contribution in [3.63, 3.8) is 0 Å². The van der Waals surface area contributed by atoms with Gasteiger partial charge in [0.2, 0.25) is 10.0 Å². The Labute approximate surface area is 108 Å². The predicted octanol–water partition coefficient (Wildman–Crippen LogP) is -0.0381. The highest BCUT2D eigenvalue weighted by molar-refractivity contribution is 7.89. The Bertz CT molecular complexity index is 502. The van der Waals surface area contributed by atoms with Gasteiger partial charge in [0.05, 0.1) is 11.4 Å². The van der Waals surface area contributed by atoms with Gasteiger partial charge in [0.25, 0.3) is 0 Å². The van der Waals surface area contributed by atoms with E-state index < -0.39 is 10.0 Å². The Morgan fingerprint density at radius 2 is 2.06 bits per heavy atom. The van der Waals surface area contributed by atoms with Crippen LogP contribution >= 0.6 is 0 Å². The first-order valence-electron chi connectivity index (χ1n) is 5.65. The lowest BCUT2D eigenvalue weighted by Gasteiger charge is -2.22. The molecular weight excluding hydrogens is 252 g/mol. The fourth-order valence-corrected chi connectivity index (χ4v) is 2.41. The van der Waals surface area contributed by atoms with Gasteiger partial charge in [-0.2, -0.15) is 0 Å². The van der Waals surface area contributed by atoms with Gasteiger partial charge in [0.1, 0.15) is 4.90 Å². The summed E-state index contributed by atoms with van der Waals surface area (Å²) in [4.78, 5) is 1.89. The molecule has 7 heteroatoms. The quantitative estimate of drug-likeness (QED) is 0.498. The fourth-order valence-electron chi connectivity index (χ4n) is 1.73. The average molecular weight is 272 g/mol. The van der Waals surface area contributed by atoms with Gasteiger partial charge in [-0.25, -0.2) is 13.6 Å². The Morgan fingerprint density at radius 3 is 2.61 bits per heavy atom. The molecule has 0 bridgehead atoms. The molecule has 102 valence electrons. The van der Waals surface area contributed by atoms with E-state index in [9.17, 15) is 8.42 Å². The summed E-state index contributed by atoms with van der Waals surface area (Å²) in [6.45, 7) is 1.66.